The first kappa shape index (κ1) is 83.1. The van der Waals surface area contributed by atoms with E-state index in [0.29, 0.717) is 32.7 Å². The first-order valence-corrected chi connectivity index (χ1v) is 33.7. The maximum absolute atomic E-state index is 15.3. The molecule has 0 spiro atoms. The Labute approximate surface area is 555 Å². The second-order valence-electron chi connectivity index (χ2n) is 29.2. The van der Waals surface area contributed by atoms with E-state index >= 15 is 14.4 Å². The number of morpholine rings is 1. The van der Waals surface area contributed by atoms with Crippen LogP contribution in [0.15, 0.2) is 0 Å². The van der Waals surface area contributed by atoms with Gasteiger partial charge in [-0.2, -0.15) is 0 Å². The zero-order valence-electron chi connectivity index (χ0n) is 60.7. The van der Waals surface area contributed by atoms with Crippen molar-refractivity contribution in [2.24, 2.45) is 47.3 Å². The van der Waals surface area contributed by atoms with E-state index in [2.05, 4.69) is 26.2 Å². The summed E-state index contributed by atoms with van der Waals surface area (Å²) in [4.78, 5) is 171. The normalized spacial score (nSPS) is 27.8. The summed E-state index contributed by atoms with van der Waals surface area (Å²) >= 11 is 0. The first-order valence-electron chi connectivity index (χ1n) is 33.7. The molecule has 0 bridgehead atoms. The Morgan fingerprint density at radius 3 is 1.34 bits per heavy atom. The molecular weight excluding hydrogens is 1200 g/mol. The second-order valence-corrected chi connectivity index (χ2v) is 29.2. The molecule has 6 N–H and O–H groups in total. The highest BCUT2D eigenvalue weighted by atomic mass is 16.6. The van der Waals surface area contributed by atoms with Gasteiger partial charge >= 0.3 is 5.97 Å². The van der Waals surface area contributed by atoms with Crippen molar-refractivity contribution in [1.29, 1.82) is 0 Å². The Kier molecular flexibility index (Phi) is 33.9. The number of rotatable bonds is 18. The van der Waals surface area contributed by atoms with Gasteiger partial charge in [-0.25, -0.2) is 4.79 Å². The van der Waals surface area contributed by atoms with Gasteiger partial charge in [0.15, 0.2) is 6.10 Å². The summed E-state index contributed by atoms with van der Waals surface area (Å²) < 4.78 is 11.5. The van der Waals surface area contributed by atoms with Gasteiger partial charge in [0.05, 0.1) is 32.0 Å². The molecule has 2 saturated heterocycles. The highest BCUT2D eigenvalue weighted by Crippen LogP contribution is 2.25. The number of nitrogens with one attached hydrogen (secondary N) is 4. The van der Waals surface area contributed by atoms with Gasteiger partial charge in [-0.1, -0.05) is 104 Å². The lowest BCUT2D eigenvalue weighted by atomic mass is 9.91. The number of carbonyl (C=O) groups is 11. The van der Waals surface area contributed by atoms with Gasteiger partial charge in [0.1, 0.15) is 54.4 Å². The smallest absolute Gasteiger partial charge is 0.329 e. The van der Waals surface area contributed by atoms with Crippen molar-refractivity contribution in [3.05, 3.63) is 0 Å². The van der Waals surface area contributed by atoms with Gasteiger partial charge in [0.25, 0.3) is 5.91 Å². The standard InChI is InChI=1S/C67H121N11O15/c1-36(2)29-47-62(86)74(21)50(32-39(7)8)58(82)68-45(17)67(91)93-57(42(13)14)66(90)75(22)51(33-40(9)10)60(84)70-48(30-37(3)4)63(87)76(23)54(41(11)12)65(89)77(24)55(56(81)43(15)25-26-78-27-28-92-35-44(78)16)61(85)71-53(46(18)79)64(88)72(19)34-52(80)73(20)49(31-38(5)6)59(83)69-47/h36-51,53-57,79,81H,25-35H2,1-24H3,(H,68,82)(H,69,83)(H,70,84)(H,71,85)/t43-,44-,45-,46?,47-,48+,49+,50+,51+,53+,54+,55+,56?,57-/m1/s1. The fraction of sp³-hybridized carbons (Fsp3) is 0.836. The molecule has 0 aromatic carbocycles. The summed E-state index contributed by atoms with van der Waals surface area (Å²) in [6, 6.07) is -12.3. The third-order valence-electron chi connectivity index (χ3n) is 17.7. The topological polar surface area (TPSA) is 317 Å². The van der Waals surface area contributed by atoms with Crippen LogP contribution in [0.2, 0.25) is 0 Å². The number of ether oxygens (including phenoxy) is 2. The van der Waals surface area contributed by atoms with Crippen molar-refractivity contribution in [2.75, 3.05) is 75.1 Å². The minimum atomic E-state index is -1.76. The summed E-state index contributed by atoms with van der Waals surface area (Å²) in [6.07, 6.45) is -3.83. The predicted molar refractivity (Wildman–Crippen MR) is 354 cm³/mol. The van der Waals surface area contributed by atoms with E-state index in [0.717, 1.165) is 14.7 Å². The van der Waals surface area contributed by atoms with Crippen LogP contribution < -0.4 is 21.3 Å². The maximum atomic E-state index is 15.3. The maximum Gasteiger partial charge on any atom is 0.329 e. The molecule has 0 saturated carbocycles. The molecule has 26 nitrogen and oxygen atoms in total. The number of amides is 10. The van der Waals surface area contributed by atoms with Crippen molar-refractivity contribution in [2.45, 2.75) is 242 Å². The van der Waals surface area contributed by atoms with Crippen molar-refractivity contribution >= 4 is 65.0 Å². The van der Waals surface area contributed by atoms with Crippen LogP contribution in [0.4, 0.5) is 0 Å². The molecule has 26 heteroatoms. The van der Waals surface area contributed by atoms with Crippen LogP contribution in [0.25, 0.3) is 0 Å². The summed E-state index contributed by atoms with van der Waals surface area (Å²) in [7, 11) is 8.18. The SMILES string of the molecule is CC(C)C[C@@H]1NC(=O)[C@H](CC(C)C)N(C)C(=O)[C@@H](C(C)C)OC(=O)[C@@H](C)NC(=O)[C@H](CC(C)C)N(C)C(=O)[C@@H](CC(C)C)NC(=O)[C@H](CC(C)C)N(C)C(=O)CN(C)C(=O)[C@H](C(C)O)NC(=O)[C@H](C(O)[C@H](C)CCN2CCOC[C@H]2C)N(C)C(=O)[C@H](C(C)C)N(C)C1=O. The van der Waals surface area contributed by atoms with Gasteiger partial charge in [-0.05, 0) is 113 Å². The highest BCUT2D eigenvalue weighted by Gasteiger charge is 2.46. The van der Waals surface area contributed by atoms with Crippen LogP contribution in [-0.4, -0.2) is 263 Å². The van der Waals surface area contributed by atoms with E-state index in [9.17, 15) is 48.6 Å². The van der Waals surface area contributed by atoms with Crippen LogP contribution in [0.5, 0.6) is 0 Å². The fourth-order valence-electron chi connectivity index (χ4n) is 12.0. The summed E-state index contributed by atoms with van der Waals surface area (Å²) in [5, 5.41) is 34.8. The van der Waals surface area contributed by atoms with Crippen molar-refractivity contribution in [3.8, 4) is 0 Å². The average molecular weight is 1320 g/mol. The molecule has 2 unspecified atom stereocenters. The number of aliphatic hydroxyl groups is 2. The van der Waals surface area contributed by atoms with Gasteiger partial charge in [-0.15, -0.1) is 0 Å². The quantitative estimate of drug-likeness (QED) is 0.107. The molecule has 0 aliphatic carbocycles. The molecule has 534 valence electrons. The van der Waals surface area contributed by atoms with Gasteiger partial charge in [-0.3, -0.25) is 52.8 Å². The molecule has 0 aromatic rings. The molecule has 14 atom stereocenters. The number of nitrogens with zero attached hydrogens (tertiary/aromatic N) is 7. The van der Waals surface area contributed by atoms with Gasteiger partial charge in [0, 0.05) is 54.9 Å². The molecule has 93 heavy (non-hydrogen) atoms. The molecule has 2 fully saturated rings. The summed E-state index contributed by atoms with van der Waals surface area (Å²) in [6.45, 7) is 32.9. The lowest BCUT2D eigenvalue weighted by Crippen LogP contribution is -2.64. The van der Waals surface area contributed by atoms with Crippen LogP contribution in [0.1, 0.15) is 163 Å². The zero-order valence-corrected chi connectivity index (χ0v) is 60.7. The van der Waals surface area contributed by atoms with E-state index in [-0.39, 0.29) is 67.7 Å². The molecule has 10 amide bonds. The zero-order chi connectivity index (χ0) is 71.5. The van der Waals surface area contributed by atoms with Crippen molar-refractivity contribution in [1.82, 2.24) is 55.6 Å². The highest BCUT2D eigenvalue weighted by molar-refractivity contribution is 5.99. The Balaban J connectivity index is 3.03. The third-order valence-corrected chi connectivity index (χ3v) is 17.7. The van der Waals surface area contributed by atoms with Crippen LogP contribution in [0, 0.1) is 47.3 Å². The number of cyclic esters (lactones) is 1. The second kappa shape index (κ2) is 37.9. The fourth-order valence-corrected chi connectivity index (χ4v) is 12.0. The number of carbonyl (C=O) groups excluding carboxylic acids is 11. The molecule has 2 heterocycles. The monoisotopic (exact) mass is 1320 g/mol. The Bertz CT molecular complexity index is 2510. The van der Waals surface area contributed by atoms with E-state index in [4.69, 9.17) is 9.47 Å². The minimum absolute atomic E-state index is 0.0560. The minimum Gasteiger partial charge on any atom is -0.450 e. The van der Waals surface area contributed by atoms with Crippen LogP contribution in [-0.2, 0) is 62.2 Å². The predicted octanol–water partition coefficient (Wildman–Crippen LogP) is 2.50. The van der Waals surface area contributed by atoms with Gasteiger partial charge < -0.3 is 70.4 Å². The van der Waals surface area contributed by atoms with Crippen molar-refractivity contribution < 1.29 is 72.4 Å². The lowest BCUT2D eigenvalue weighted by molar-refractivity contribution is -0.166. The molecule has 2 aliphatic rings. The largest absolute Gasteiger partial charge is 0.450 e. The first-order chi connectivity index (χ1) is 43.0. The number of hydrogen-bond donors (Lipinski definition) is 6. The Hall–Kier alpha value is -5.99. The molecular formula is C67H121N11O15. The molecule has 2 rings (SSSR count). The summed E-state index contributed by atoms with van der Waals surface area (Å²) in [5.74, 6) is -11.6. The van der Waals surface area contributed by atoms with E-state index in [1.54, 1.807) is 34.6 Å². The van der Waals surface area contributed by atoms with Gasteiger partial charge in [0.2, 0.25) is 53.2 Å². The molecule has 2 aliphatic heterocycles. The van der Waals surface area contributed by atoms with E-state index < -0.39 is 162 Å². The van der Waals surface area contributed by atoms with Crippen LogP contribution in [0.3, 0.4) is 0 Å². The van der Waals surface area contributed by atoms with E-state index in [1.165, 1.54) is 70.8 Å². The van der Waals surface area contributed by atoms with Crippen molar-refractivity contribution in [3.63, 3.8) is 0 Å². The number of hydrogen-bond acceptors (Lipinski definition) is 16. The summed E-state index contributed by atoms with van der Waals surface area (Å²) in [5.41, 5.74) is 0. The number of aliphatic hydroxyl groups excluding tert-OH is 2. The number of likely N-dealkylation sites (N-methyl/N-ethyl adjacent to an activating group) is 6. The number of esters is 1. The average Bonchev–Trinajstić information content (AvgIpc) is 0.820. The molecule has 0 radical (unpaired) electrons. The lowest BCUT2D eigenvalue weighted by Gasteiger charge is -2.41. The third kappa shape index (κ3) is 24.3. The Morgan fingerprint density at radius 1 is 0.484 bits per heavy atom. The van der Waals surface area contributed by atoms with Crippen LogP contribution >= 0.6 is 0 Å². The van der Waals surface area contributed by atoms with E-state index in [1.807, 2.05) is 76.2 Å². The Morgan fingerprint density at radius 2 is 0.914 bits per heavy atom. The molecule has 0 aromatic heterocycles.